The number of hydrogen-bond donors (Lipinski definition) is 2. The van der Waals surface area contributed by atoms with Gasteiger partial charge < -0.3 is 10.1 Å². The van der Waals surface area contributed by atoms with Crippen molar-refractivity contribution in [1.29, 1.82) is 0 Å². The van der Waals surface area contributed by atoms with Crippen LogP contribution in [0.3, 0.4) is 0 Å². The molecule has 16 heavy (non-hydrogen) atoms. The zero-order valence-corrected chi connectivity index (χ0v) is 9.05. The normalized spacial score (nSPS) is 9.06. The van der Waals surface area contributed by atoms with Gasteiger partial charge >= 0.3 is 5.97 Å². The summed E-state index contributed by atoms with van der Waals surface area (Å²) in [6, 6.07) is 4.76. The molecule has 0 aliphatic rings. The Balaban J connectivity index is 0.000000165. The van der Waals surface area contributed by atoms with Crippen LogP contribution < -0.4 is 0 Å². The Morgan fingerprint density at radius 3 is 2.50 bits per heavy atom. The molecular weight excluding hydrogens is 230 g/mol. The van der Waals surface area contributed by atoms with E-state index in [1.807, 2.05) is 0 Å². The first-order chi connectivity index (χ1) is 7.74. The van der Waals surface area contributed by atoms with Gasteiger partial charge in [-0.3, -0.25) is 0 Å². The highest BCUT2D eigenvalue weighted by Crippen LogP contribution is 1.91. The average Bonchev–Trinajstić information content (AvgIpc) is 2.84. The lowest BCUT2D eigenvalue weighted by atomic mass is 10.4. The smallest absolute Gasteiger partial charge is 0.354 e. The van der Waals surface area contributed by atoms with Crippen molar-refractivity contribution in [2.24, 2.45) is 0 Å². The van der Waals surface area contributed by atoms with Gasteiger partial charge in [0.25, 0.3) is 0 Å². The van der Waals surface area contributed by atoms with Crippen molar-refractivity contribution in [3.05, 3.63) is 48.3 Å². The number of carboxylic acids is 1. The number of halogens is 1. The number of nitrogens with one attached hydrogen (secondary N) is 1. The van der Waals surface area contributed by atoms with E-state index >= 15 is 0 Å². The van der Waals surface area contributed by atoms with Gasteiger partial charge in [-0.15, -0.1) is 11.6 Å². The molecule has 2 rings (SSSR count). The second kappa shape index (κ2) is 6.58. The molecule has 0 spiro atoms. The van der Waals surface area contributed by atoms with Crippen LogP contribution in [0.2, 0.25) is 0 Å². The first-order valence-electron chi connectivity index (χ1n) is 4.42. The predicted molar refractivity (Wildman–Crippen MR) is 59.3 cm³/mol. The summed E-state index contributed by atoms with van der Waals surface area (Å²) < 4.78 is 0. The highest BCUT2D eigenvalue weighted by Gasteiger charge is 1.98. The fourth-order valence-electron chi connectivity index (χ4n) is 0.860. The molecule has 0 saturated carbocycles. The van der Waals surface area contributed by atoms with Crippen LogP contribution >= 0.6 is 11.6 Å². The molecule has 0 fully saturated rings. The summed E-state index contributed by atoms with van der Waals surface area (Å²) in [5.74, 6) is 0.296. The van der Waals surface area contributed by atoms with E-state index in [0.717, 1.165) is 5.82 Å². The molecule has 84 valence electrons. The van der Waals surface area contributed by atoms with Crippen molar-refractivity contribution >= 4 is 17.6 Å². The molecule has 0 bridgehead atoms. The maximum Gasteiger partial charge on any atom is 0.354 e. The number of carboxylic acid groups (broad SMARTS) is 1. The fourth-order valence-corrected chi connectivity index (χ4v) is 1.01. The average molecular weight is 240 g/mol. The SMILES string of the molecule is ClCc1ncc[nH]1.O=C(O)c1ccccn1. The Bertz CT molecular complexity index is 417. The molecular formula is C10H10ClN3O2. The molecule has 6 heteroatoms. The second-order valence-corrected chi connectivity index (χ2v) is 2.96. The third kappa shape index (κ3) is 4.10. The number of carbonyl (C=O) groups is 1. The van der Waals surface area contributed by atoms with Crippen molar-refractivity contribution in [1.82, 2.24) is 15.0 Å². The first kappa shape index (κ1) is 12.2. The van der Waals surface area contributed by atoms with Gasteiger partial charge in [-0.2, -0.15) is 0 Å². The van der Waals surface area contributed by atoms with Crippen LogP contribution in [-0.2, 0) is 5.88 Å². The molecule has 5 nitrogen and oxygen atoms in total. The third-order valence-corrected chi connectivity index (χ3v) is 1.82. The number of aromatic amines is 1. The molecule has 0 aliphatic heterocycles. The van der Waals surface area contributed by atoms with Crippen molar-refractivity contribution in [3.63, 3.8) is 0 Å². The minimum Gasteiger partial charge on any atom is -0.477 e. The number of hydrogen-bond acceptors (Lipinski definition) is 3. The summed E-state index contributed by atoms with van der Waals surface area (Å²) in [4.78, 5) is 20.4. The number of pyridine rings is 1. The highest BCUT2D eigenvalue weighted by molar-refractivity contribution is 6.16. The number of aromatic carboxylic acids is 1. The van der Waals surface area contributed by atoms with Gasteiger partial charge in [-0.1, -0.05) is 6.07 Å². The molecule has 0 saturated heterocycles. The summed E-state index contributed by atoms with van der Waals surface area (Å²) in [7, 11) is 0. The summed E-state index contributed by atoms with van der Waals surface area (Å²) in [5, 5.41) is 8.32. The first-order valence-corrected chi connectivity index (χ1v) is 4.96. The van der Waals surface area contributed by atoms with E-state index in [1.54, 1.807) is 24.5 Å². The van der Waals surface area contributed by atoms with Crippen LogP contribution in [0.25, 0.3) is 0 Å². The number of nitrogens with zero attached hydrogens (tertiary/aromatic N) is 2. The minimum atomic E-state index is -0.990. The lowest BCUT2D eigenvalue weighted by molar-refractivity contribution is 0.0690. The van der Waals surface area contributed by atoms with E-state index in [2.05, 4.69) is 15.0 Å². The zero-order chi connectivity index (χ0) is 11.8. The molecule has 0 aliphatic carbocycles. The van der Waals surface area contributed by atoms with E-state index in [0.29, 0.717) is 5.88 Å². The third-order valence-electron chi connectivity index (χ3n) is 1.57. The largest absolute Gasteiger partial charge is 0.477 e. The molecule has 0 aromatic carbocycles. The standard InChI is InChI=1S/C6H5NO2.C4H5ClN2/c8-6(9)5-3-1-2-4-7-5;5-3-4-6-1-2-7-4/h1-4H,(H,8,9);1-2H,3H2,(H,6,7). The minimum absolute atomic E-state index is 0.0810. The molecule has 2 N–H and O–H groups in total. The summed E-state index contributed by atoms with van der Waals surface area (Å²) in [5.41, 5.74) is 0.0810. The number of aromatic nitrogens is 3. The monoisotopic (exact) mass is 239 g/mol. The van der Waals surface area contributed by atoms with Gasteiger partial charge in [0, 0.05) is 18.6 Å². The number of imidazole rings is 1. The predicted octanol–water partition coefficient (Wildman–Crippen LogP) is 1.93. The van der Waals surface area contributed by atoms with Crippen molar-refractivity contribution in [2.45, 2.75) is 5.88 Å². The number of alkyl halides is 1. The molecule has 0 amide bonds. The molecule has 2 heterocycles. The Morgan fingerprint density at radius 1 is 1.38 bits per heavy atom. The summed E-state index contributed by atoms with van der Waals surface area (Å²) in [6.45, 7) is 0. The maximum absolute atomic E-state index is 10.1. The molecule has 0 radical (unpaired) electrons. The topological polar surface area (TPSA) is 78.9 Å². The quantitative estimate of drug-likeness (QED) is 0.785. The lowest BCUT2D eigenvalue weighted by Gasteiger charge is -1.87. The van der Waals surface area contributed by atoms with Crippen LogP contribution in [0.4, 0.5) is 0 Å². The van der Waals surface area contributed by atoms with Crippen LogP contribution in [0.5, 0.6) is 0 Å². The maximum atomic E-state index is 10.1. The van der Waals surface area contributed by atoms with Gasteiger partial charge in [0.05, 0.1) is 5.88 Å². The zero-order valence-electron chi connectivity index (χ0n) is 8.30. The molecule has 0 unspecified atom stereocenters. The van der Waals surface area contributed by atoms with Crippen molar-refractivity contribution in [3.8, 4) is 0 Å². The van der Waals surface area contributed by atoms with Crippen molar-refractivity contribution < 1.29 is 9.90 Å². The Hall–Kier alpha value is -1.88. The van der Waals surface area contributed by atoms with Crippen LogP contribution in [0, 0.1) is 0 Å². The number of rotatable bonds is 2. The number of H-pyrrole nitrogens is 1. The van der Waals surface area contributed by atoms with E-state index in [4.69, 9.17) is 16.7 Å². The van der Waals surface area contributed by atoms with Crippen LogP contribution in [-0.4, -0.2) is 26.0 Å². The lowest BCUT2D eigenvalue weighted by Crippen LogP contribution is -1.97. The Morgan fingerprint density at radius 2 is 2.19 bits per heavy atom. The van der Waals surface area contributed by atoms with E-state index in [1.165, 1.54) is 12.3 Å². The van der Waals surface area contributed by atoms with Crippen LogP contribution in [0.1, 0.15) is 16.3 Å². The van der Waals surface area contributed by atoms with E-state index in [-0.39, 0.29) is 5.69 Å². The van der Waals surface area contributed by atoms with Gasteiger partial charge in [-0.05, 0) is 12.1 Å². The van der Waals surface area contributed by atoms with Crippen LogP contribution in [0.15, 0.2) is 36.8 Å². The van der Waals surface area contributed by atoms with E-state index in [9.17, 15) is 4.79 Å². The summed E-state index contributed by atoms with van der Waals surface area (Å²) in [6.07, 6.45) is 4.87. The molecule has 2 aromatic heterocycles. The highest BCUT2D eigenvalue weighted by atomic mass is 35.5. The Kier molecular flexibility index (Phi) is 5.01. The Labute approximate surface area is 97.1 Å². The van der Waals surface area contributed by atoms with Gasteiger partial charge in [0.2, 0.25) is 0 Å². The summed E-state index contributed by atoms with van der Waals surface area (Å²) >= 11 is 5.37. The molecule has 0 atom stereocenters. The van der Waals surface area contributed by atoms with Gasteiger partial charge in [0.15, 0.2) is 0 Å². The van der Waals surface area contributed by atoms with E-state index < -0.39 is 5.97 Å². The van der Waals surface area contributed by atoms with Gasteiger partial charge in [-0.25, -0.2) is 14.8 Å². The molecule has 2 aromatic rings. The van der Waals surface area contributed by atoms with Gasteiger partial charge in [0.1, 0.15) is 11.5 Å². The van der Waals surface area contributed by atoms with Crippen molar-refractivity contribution in [2.75, 3.05) is 0 Å². The fraction of sp³-hybridized carbons (Fsp3) is 0.100. The second-order valence-electron chi connectivity index (χ2n) is 2.69.